The number of oxime groups is 1. The molecule has 4 aliphatic rings. The molecule has 0 spiro atoms. The van der Waals surface area contributed by atoms with E-state index in [0.717, 1.165) is 53.2 Å². The zero-order valence-electron chi connectivity index (χ0n) is 23.7. The minimum absolute atomic E-state index is 0.0129. The molecule has 19 heteroatoms. The second-order valence-corrected chi connectivity index (χ2v) is 13.9. The maximum atomic E-state index is 13.3. The summed E-state index contributed by atoms with van der Waals surface area (Å²) in [7, 11) is 0. The van der Waals surface area contributed by atoms with Gasteiger partial charge in [-0.15, -0.1) is 23.1 Å². The second kappa shape index (κ2) is 12.4. The Morgan fingerprint density at radius 1 is 1.32 bits per heavy atom. The van der Waals surface area contributed by atoms with Crippen molar-refractivity contribution >= 4 is 75.3 Å². The standard InChI is InChI=1S/C25H31N9O7S3/c1-25(2,22(39)40)41-32-14(12-9-43-23(27)29-12)18(35)30-15-19(36)33-16(21(37)38)10(7-42-20(15)33)8-44-24-31-17(26)11-5-3-4-6-13(11)34(24)28/h9,15,20,24H,3-8,28H2,1-2H3,(H2,26,31)(H2,27,29)(H,30,35)(H,37,38)(H,39,40)/b32-14-/t15?,20-,24?/m1/s1. The molecule has 1 aromatic rings. The number of nitrogens with two attached hydrogens (primary N) is 3. The van der Waals surface area contributed by atoms with Gasteiger partial charge in [-0.3, -0.25) is 14.5 Å². The van der Waals surface area contributed by atoms with Crippen molar-refractivity contribution in [2.45, 2.75) is 62.0 Å². The van der Waals surface area contributed by atoms with Crippen LogP contribution in [0.4, 0.5) is 5.13 Å². The zero-order valence-corrected chi connectivity index (χ0v) is 26.1. The number of carbonyl (C=O) groups excluding carboxylic acids is 3. The lowest BCUT2D eigenvalue weighted by Crippen LogP contribution is -3.19. The van der Waals surface area contributed by atoms with E-state index >= 15 is 0 Å². The first kappa shape index (κ1) is 31.8. The summed E-state index contributed by atoms with van der Waals surface area (Å²) in [5.74, 6) is 2.97. The number of aliphatic carboxylic acids is 2. The Morgan fingerprint density at radius 2 is 2.05 bits per heavy atom. The monoisotopic (exact) mass is 665 g/mol. The van der Waals surface area contributed by atoms with Crippen molar-refractivity contribution in [3.63, 3.8) is 0 Å². The number of fused-ring (bicyclic) bond motifs is 1. The van der Waals surface area contributed by atoms with Gasteiger partial charge in [-0.2, -0.15) is 10.8 Å². The normalized spacial score (nSPS) is 25.5. The van der Waals surface area contributed by atoms with Crippen LogP contribution in [-0.2, 0) is 24.0 Å². The number of nitrogen functional groups attached to an aromatic ring is 1. The Hall–Kier alpha value is -3.65. The van der Waals surface area contributed by atoms with E-state index in [1.165, 1.54) is 42.8 Å². The highest BCUT2D eigenvalue weighted by molar-refractivity contribution is 8.01. The third kappa shape index (κ3) is 6.01. The van der Waals surface area contributed by atoms with Crippen LogP contribution in [0.2, 0.25) is 0 Å². The molecule has 16 nitrogen and oxygen atoms in total. The van der Waals surface area contributed by atoms with E-state index in [-0.39, 0.29) is 28.0 Å². The van der Waals surface area contributed by atoms with Gasteiger partial charge in [-0.1, -0.05) is 16.9 Å². The third-order valence-corrected chi connectivity index (χ3v) is 10.7. The van der Waals surface area contributed by atoms with Crippen LogP contribution in [0.5, 0.6) is 0 Å². The summed E-state index contributed by atoms with van der Waals surface area (Å²) in [6, 6.07) is -1.10. The van der Waals surface area contributed by atoms with E-state index in [0.29, 0.717) is 16.4 Å². The fraction of sp³-hybridized carbons (Fsp3) is 0.480. The van der Waals surface area contributed by atoms with Gasteiger partial charge in [0, 0.05) is 23.3 Å². The number of amides is 2. The van der Waals surface area contributed by atoms with Crippen molar-refractivity contribution in [2.75, 3.05) is 17.2 Å². The van der Waals surface area contributed by atoms with E-state index in [1.54, 1.807) is 0 Å². The van der Waals surface area contributed by atoms with Crippen LogP contribution in [0.1, 0.15) is 45.2 Å². The van der Waals surface area contributed by atoms with Crippen LogP contribution in [0.3, 0.4) is 0 Å². The number of β-lactam (4-membered cyclic amide) rings is 1. The van der Waals surface area contributed by atoms with Crippen molar-refractivity contribution in [3.05, 3.63) is 33.6 Å². The van der Waals surface area contributed by atoms with Gasteiger partial charge in [0.2, 0.25) is 5.60 Å². The number of anilines is 1. The number of amidine groups is 1. The summed E-state index contributed by atoms with van der Waals surface area (Å²) in [4.78, 5) is 65.0. The predicted molar refractivity (Wildman–Crippen MR) is 161 cm³/mol. The molecule has 4 heterocycles. The van der Waals surface area contributed by atoms with E-state index in [2.05, 4.69) is 20.4 Å². The number of rotatable bonds is 10. The van der Waals surface area contributed by atoms with Crippen LogP contribution in [0.15, 0.2) is 38.1 Å². The van der Waals surface area contributed by atoms with Crippen LogP contribution in [-0.4, -0.2) is 84.3 Å². The molecule has 236 valence electrons. The molecule has 1 fully saturated rings. The molecule has 44 heavy (non-hydrogen) atoms. The first-order valence-electron chi connectivity index (χ1n) is 13.5. The Morgan fingerprint density at radius 3 is 2.70 bits per heavy atom. The summed E-state index contributed by atoms with van der Waals surface area (Å²) in [6.45, 7) is 2.48. The molecular formula is C25H31N9O7S3. The molecule has 0 aromatic carbocycles. The minimum atomic E-state index is -1.77. The number of hydrogen-bond acceptors (Lipinski definition) is 15. The van der Waals surface area contributed by atoms with E-state index in [4.69, 9.17) is 22.1 Å². The lowest BCUT2D eigenvalue weighted by molar-refractivity contribution is -0.886. The van der Waals surface area contributed by atoms with Crippen molar-refractivity contribution in [1.82, 2.24) is 15.2 Å². The summed E-state index contributed by atoms with van der Waals surface area (Å²) in [6.07, 6.45) is 3.68. The zero-order chi connectivity index (χ0) is 31.9. The lowest BCUT2D eigenvalue weighted by atomic mass is 9.94. The molecular weight excluding hydrogens is 635 g/mol. The van der Waals surface area contributed by atoms with Gasteiger partial charge >= 0.3 is 5.97 Å². The summed E-state index contributed by atoms with van der Waals surface area (Å²) in [5.41, 5.74) is 11.5. The van der Waals surface area contributed by atoms with Gasteiger partial charge in [-0.05, 0) is 38.7 Å². The first-order valence-corrected chi connectivity index (χ1v) is 16.5. The number of carbonyl (C=O) groups is 4. The lowest BCUT2D eigenvalue weighted by Gasteiger charge is -2.50. The fourth-order valence-corrected chi connectivity index (χ4v) is 8.16. The Labute approximate surface area is 263 Å². The molecule has 0 radical (unpaired) electrons. The number of thioether (sulfide) groups is 2. The molecule has 5 rings (SSSR count). The van der Waals surface area contributed by atoms with Crippen molar-refractivity contribution in [1.29, 1.82) is 0 Å². The average molecular weight is 666 g/mol. The number of aliphatic imine (C=N–C) groups is 1. The maximum Gasteiger partial charge on any atom is 0.350 e. The van der Waals surface area contributed by atoms with Gasteiger partial charge < -0.3 is 36.6 Å². The van der Waals surface area contributed by atoms with Gasteiger partial charge in [0.1, 0.15) is 28.6 Å². The highest BCUT2D eigenvalue weighted by Gasteiger charge is 2.53. The highest BCUT2D eigenvalue weighted by Crippen LogP contribution is 2.41. The molecule has 9 N–H and O–H groups in total. The van der Waals surface area contributed by atoms with Crippen LogP contribution < -0.4 is 32.7 Å². The number of hydrogen-bond donors (Lipinski definition) is 6. The fourth-order valence-electron chi connectivity index (χ4n) is 5.03. The Bertz CT molecular complexity index is 1540. The van der Waals surface area contributed by atoms with Crippen molar-refractivity contribution < 1.29 is 39.2 Å². The molecule has 1 aliphatic carbocycles. The third-order valence-electron chi connectivity index (χ3n) is 7.45. The quantitative estimate of drug-likeness (QED) is 0.0665. The molecule has 1 saturated heterocycles. The number of allylic oxidation sites excluding steroid dienone is 1. The van der Waals surface area contributed by atoms with Gasteiger partial charge in [0.05, 0.1) is 17.2 Å². The van der Waals surface area contributed by atoms with Crippen LogP contribution in [0, 0.1) is 0 Å². The number of carboxylic acids is 2. The van der Waals surface area contributed by atoms with E-state index in [1.807, 2.05) is 0 Å². The van der Waals surface area contributed by atoms with Gasteiger partial charge in [0.15, 0.2) is 10.8 Å². The minimum Gasteiger partial charge on any atom is -0.543 e. The molecule has 3 unspecified atom stereocenters. The summed E-state index contributed by atoms with van der Waals surface area (Å²) >= 11 is 3.62. The van der Waals surface area contributed by atoms with Crippen LogP contribution in [0.25, 0.3) is 0 Å². The molecule has 4 atom stereocenters. The largest absolute Gasteiger partial charge is 0.543 e. The SMILES string of the molecule is CC(C)(O/N=C(\C(=O)NC1C(=O)N2C(C(=O)[O-])=C(CSC3N=C(N)C4=C(CCCC4)[NH+]3N)CS[C@H]12)c1csc(N)n1)C(=O)O. The predicted octanol–water partition coefficient (Wildman–Crippen LogP) is -2.31. The average Bonchev–Trinajstić information content (AvgIpc) is 3.41. The Balaban J connectivity index is 1.30. The number of thiazole rings is 1. The number of aromatic nitrogens is 1. The molecule has 1 aromatic heterocycles. The van der Waals surface area contributed by atoms with Gasteiger partial charge in [0.25, 0.3) is 17.3 Å². The maximum absolute atomic E-state index is 13.3. The number of nitrogens with zero attached hydrogens (tertiary/aromatic N) is 4. The topological polar surface area (TPSA) is 256 Å². The smallest absolute Gasteiger partial charge is 0.350 e. The molecule has 0 bridgehead atoms. The summed E-state index contributed by atoms with van der Waals surface area (Å²) < 4.78 is 0. The van der Waals surface area contributed by atoms with Crippen molar-refractivity contribution in [2.24, 2.45) is 21.7 Å². The molecule has 0 saturated carbocycles. The first-order chi connectivity index (χ1) is 20.8. The highest BCUT2D eigenvalue weighted by atomic mass is 32.2. The second-order valence-electron chi connectivity index (χ2n) is 10.8. The van der Waals surface area contributed by atoms with Crippen molar-refractivity contribution in [3.8, 4) is 0 Å². The molecule has 3 aliphatic heterocycles. The number of carboxylic acid groups (broad SMARTS) is 2. The number of quaternary nitrogens is 1. The Kier molecular flexibility index (Phi) is 8.94. The van der Waals surface area contributed by atoms with E-state index in [9.17, 15) is 29.4 Å². The molecule has 2 amide bonds. The summed E-state index contributed by atoms with van der Waals surface area (Å²) in [5, 5.41) is 29.3. The number of nitrogens with one attached hydrogen (secondary N) is 2. The van der Waals surface area contributed by atoms with Crippen LogP contribution >= 0.6 is 34.9 Å². The van der Waals surface area contributed by atoms with Gasteiger partial charge in [-0.25, -0.2) is 14.8 Å². The van der Waals surface area contributed by atoms with E-state index < -0.39 is 52.0 Å².